The van der Waals surface area contributed by atoms with E-state index < -0.39 is 0 Å². The maximum atomic E-state index is 8.95. The SMILES string of the molecule is [CH2]CC(Cc1cccc(CCO)c1)OCC(C)C. The maximum absolute atomic E-state index is 8.95. The highest BCUT2D eigenvalue weighted by molar-refractivity contribution is 5.24. The van der Waals surface area contributed by atoms with E-state index in [1.807, 2.05) is 12.1 Å². The number of rotatable bonds is 8. The molecule has 1 rings (SSSR count). The van der Waals surface area contributed by atoms with E-state index in [1.54, 1.807) is 0 Å². The van der Waals surface area contributed by atoms with E-state index in [0.717, 1.165) is 25.9 Å². The first-order chi connectivity index (χ1) is 8.65. The Kier molecular flexibility index (Phi) is 6.99. The zero-order valence-electron chi connectivity index (χ0n) is 11.6. The first-order valence-corrected chi connectivity index (χ1v) is 6.75. The molecule has 1 unspecified atom stereocenters. The van der Waals surface area contributed by atoms with Crippen LogP contribution in [-0.4, -0.2) is 24.4 Å². The van der Waals surface area contributed by atoms with Crippen molar-refractivity contribution in [3.05, 3.63) is 42.3 Å². The second kappa shape index (κ2) is 8.28. The quantitative estimate of drug-likeness (QED) is 0.767. The van der Waals surface area contributed by atoms with Crippen LogP contribution in [0.25, 0.3) is 0 Å². The van der Waals surface area contributed by atoms with Gasteiger partial charge in [-0.25, -0.2) is 0 Å². The lowest BCUT2D eigenvalue weighted by Crippen LogP contribution is -2.18. The van der Waals surface area contributed by atoms with Crippen LogP contribution >= 0.6 is 0 Å². The molecule has 0 heterocycles. The monoisotopic (exact) mass is 249 g/mol. The molecule has 1 aromatic rings. The Labute approximate surface area is 111 Å². The van der Waals surface area contributed by atoms with Gasteiger partial charge in [-0.2, -0.15) is 0 Å². The molecule has 0 fully saturated rings. The fourth-order valence-electron chi connectivity index (χ4n) is 1.88. The first kappa shape index (κ1) is 15.2. The molecule has 101 valence electrons. The Morgan fingerprint density at radius 1 is 1.28 bits per heavy atom. The molecule has 1 aromatic carbocycles. The predicted molar refractivity (Wildman–Crippen MR) is 75.5 cm³/mol. The van der Waals surface area contributed by atoms with Gasteiger partial charge in [0.05, 0.1) is 6.10 Å². The summed E-state index contributed by atoms with van der Waals surface area (Å²) in [6.45, 7) is 9.25. The minimum absolute atomic E-state index is 0.191. The summed E-state index contributed by atoms with van der Waals surface area (Å²) in [5.74, 6) is 0.555. The normalized spacial score (nSPS) is 12.9. The molecule has 0 aliphatic heterocycles. The van der Waals surface area contributed by atoms with Crippen LogP contribution in [-0.2, 0) is 17.6 Å². The zero-order chi connectivity index (χ0) is 13.4. The summed E-state index contributed by atoms with van der Waals surface area (Å²) in [6.07, 6.45) is 2.60. The van der Waals surface area contributed by atoms with Crippen LogP contribution in [0.15, 0.2) is 24.3 Å². The Bertz CT molecular complexity index is 334. The van der Waals surface area contributed by atoms with Gasteiger partial charge in [0.2, 0.25) is 0 Å². The van der Waals surface area contributed by atoms with E-state index in [2.05, 4.69) is 32.9 Å². The van der Waals surface area contributed by atoms with Crippen molar-refractivity contribution in [2.24, 2.45) is 5.92 Å². The maximum Gasteiger partial charge on any atom is 0.0615 e. The average molecular weight is 249 g/mol. The number of aliphatic hydroxyl groups is 1. The molecule has 0 spiro atoms. The van der Waals surface area contributed by atoms with Gasteiger partial charge in [0.15, 0.2) is 0 Å². The molecular formula is C16H25O2. The Hall–Kier alpha value is -0.860. The molecule has 0 amide bonds. The summed E-state index contributed by atoms with van der Waals surface area (Å²) in [5, 5.41) is 8.95. The lowest BCUT2D eigenvalue weighted by atomic mass is 10.0. The molecule has 0 bridgehead atoms. The zero-order valence-corrected chi connectivity index (χ0v) is 11.6. The van der Waals surface area contributed by atoms with Crippen LogP contribution < -0.4 is 0 Å². The Morgan fingerprint density at radius 3 is 2.61 bits per heavy atom. The largest absolute Gasteiger partial charge is 0.396 e. The molecule has 0 saturated carbocycles. The van der Waals surface area contributed by atoms with Crippen molar-refractivity contribution in [1.82, 2.24) is 0 Å². The van der Waals surface area contributed by atoms with Crippen molar-refractivity contribution in [2.45, 2.75) is 39.2 Å². The lowest BCUT2D eigenvalue weighted by Gasteiger charge is -2.18. The Morgan fingerprint density at radius 2 is 2.00 bits per heavy atom. The minimum Gasteiger partial charge on any atom is -0.396 e. The van der Waals surface area contributed by atoms with Crippen LogP contribution in [0.1, 0.15) is 31.4 Å². The van der Waals surface area contributed by atoms with Crippen LogP contribution in [0.5, 0.6) is 0 Å². The molecule has 1 N–H and O–H groups in total. The van der Waals surface area contributed by atoms with Gasteiger partial charge in [0.25, 0.3) is 0 Å². The third-order valence-electron chi connectivity index (χ3n) is 2.84. The molecule has 2 nitrogen and oxygen atoms in total. The number of aliphatic hydroxyl groups excluding tert-OH is 1. The fourth-order valence-corrected chi connectivity index (χ4v) is 1.88. The highest BCUT2D eigenvalue weighted by Crippen LogP contribution is 2.12. The van der Waals surface area contributed by atoms with E-state index in [0.29, 0.717) is 5.92 Å². The fraction of sp³-hybridized carbons (Fsp3) is 0.562. The van der Waals surface area contributed by atoms with Gasteiger partial charge in [-0.05, 0) is 36.3 Å². The third kappa shape index (κ3) is 5.65. The molecule has 18 heavy (non-hydrogen) atoms. The van der Waals surface area contributed by atoms with Crippen molar-refractivity contribution in [1.29, 1.82) is 0 Å². The number of ether oxygens (including phenoxy) is 1. The van der Waals surface area contributed by atoms with Gasteiger partial charge in [-0.1, -0.05) is 45.0 Å². The van der Waals surface area contributed by atoms with Crippen LogP contribution in [0.2, 0.25) is 0 Å². The average Bonchev–Trinajstić information content (AvgIpc) is 2.35. The summed E-state index contributed by atoms with van der Waals surface area (Å²) in [5.41, 5.74) is 2.44. The van der Waals surface area contributed by atoms with Gasteiger partial charge in [0, 0.05) is 13.2 Å². The van der Waals surface area contributed by atoms with E-state index in [-0.39, 0.29) is 12.7 Å². The lowest BCUT2D eigenvalue weighted by molar-refractivity contribution is 0.0377. The summed E-state index contributed by atoms with van der Waals surface area (Å²) in [6, 6.07) is 8.36. The second-order valence-corrected chi connectivity index (χ2v) is 5.14. The van der Waals surface area contributed by atoms with Gasteiger partial charge in [-0.3, -0.25) is 0 Å². The topological polar surface area (TPSA) is 29.5 Å². The highest BCUT2D eigenvalue weighted by atomic mass is 16.5. The van der Waals surface area contributed by atoms with Crippen molar-refractivity contribution in [2.75, 3.05) is 13.2 Å². The molecular weight excluding hydrogens is 224 g/mol. The summed E-state index contributed by atoms with van der Waals surface area (Å²) < 4.78 is 5.84. The van der Waals surface area contributed by atoms with Crippen LogP contribution in [0.4, 0.5) is 0 Å². The van der Waals surface area contributed by atoms with Gasteiger partial charge in [-0.15, -0.1) is 0 Å². The van der Waals surface area contributed by atoms with Gasteiger partial charge >= 0.3 is 0 Å². The van der Waals surface area contributed by atoms with Gasteiger partial charge in [0.1, 0.15) is 0 Å². The molecule has 0 aromatic heterocycles. The summed E-state index contributed by atoms with van der Waals surface area (Å²) in [4.78, 5) is 0. The minimum atomic E-state index is 0.191. The highest BCUT2D eigenvalue weighted by Gasteiger charge is 2.09. The Balaban J connectivity index is 2.55. The number of benzene rings is 1. The van der Waals surface area contributed by atoms with Crippen molar-refractivity contribution >= 4 is 0 Å². The molecule has 1 radical (unpaired) electrons. The number of hydrogen-bond donors (Lipinski definition) is 1. The second-order valence-electron chi connectivity index (χ2n) is 5.14. The van der Waals surface area contributed by atoms with Gasteiger partial charge < -0.3 is 9.84 Å². The summed E-state index contributed by atoms with van der Waals surface area (Å²) >= 11 is 0. The molecule has 2 heteroatoms. The van der Waals surface area contributed by atoms with Crippen molar-refractivity contribution in [3.8, 4) is 0 Å². The van der Waals surface area contributed by atoms with E-state index >= 15 is 0 Å². The summed E-state index contributed by atoms with van der Waals surface area (Å²) in [7, 11) is 0. The van der Waals surface area contributed by atoms with Crippen LogP contribution in [0.3, 0.4) is 0 Å². The van der Waals surface area contributed by atoms with Crippen molar-refractivity contribution < 1.29 is 9.84 Å². The third-order valence-corrected chi connectivity index (χ3v) is 2.84. The number of hydrogen-bond acceptors (Lipinski definition) is 2. The standard InChI is InChI=1S/C16H25O2/c1-4-16(18-12-13(2)3)11-15-7-5-6-14(10-15)8-9-17/h5-7,10,13,16-17H,1,4,8-9,11-12H2,2-3H3. The smallest absolute Gasteiger partial charge is 0.0615 e. The van der Waals surface area contributed by atoms with Crippen molar-refractivity contribution in [3.63, 3.8) is 0 Å². The molecule has 0 aliphatic carbocycles. The molecule has 1 atom stereocenters. The van der Waals surface area contributed by atoms with Crippen LogP contribution in [0, 0.1) is 12.8 Å². The first-order valence-electron chi connectivity index (χ1n) is 6.75. The molecule has 0 aliphatic rings. The van der Waals surface area contributed by atoms with E-state index in [9.17, 15) is 0 Å². The van der Waals surface area contributed by atoms with E-state index in [1.165, 1.54) is 11.1 Å². The predicted octanol–water partition coefficient (Wildman–Crippen LogP) is 3.03. The van der Waals surface area contributed by atoms with E-state index in [4.69, 9.17) is 9.84 Å². The molecule has 0 saturated heterocycles.